The van der Waals surface area contributed by atoms with E-state index in [1.54, 1.807) is 0 Å². The van der Waals surface area contributed by atoms with E-state index in [4.69, 9.17) is 0 Å². The lowest BCUT2D eigenvalue weighted by Gasteiger charge is -2.52. The molecular formula is C12H23N. The first-order chi connectivity index (χ1) is 5.90. The molecule has 2 fully saturated rings. The summed E-state index contributed by atoms with van der Waals surface area (Å²) in [6.07, 6.45) is 4.41. The third kappa shape index (κ3) is 0.918. The molecule has 0 saturated heterocycles. The van der Waals surface area contributed by atoms with E-state index < -0.39 is 0 Å². The zero-order valence-corrected chi connectivity index (χ0v) is 9.72. The summed E-state index contributed by atoms with van der Waals surface area (Å²) in [6, 6.07) is 0. The average Bonchev–Trinajstić information content (AvgIpc) is 2.54. The van der Waals surface area contributed by atoms with Gasteiger partial charge < -0.3 is 4.90 Å². The Morgan fingerprint density at radius 3 is 1.85 bits per heavy atom. The number of hydrogen-bond donors (Lipinski definition) is 0. The minimum Gasteiger partial charge on any atom is -0.303 e. The van der Waals surface area contributed by atoms with Crippen molar-refractivity contribution in [3.8, 4) is 0 Å². The fourth-order valence-electron chi connectivity index (χ4n) is 4.03. The highest BCUT2D eigenvalue weighted by Gasteiger charge is 2.61. The average molecular weight is 181 g/mol. The van der Waals surface area contributed by atoms with Crippen LogP contribution in [0.15, 0.2) is 0 Å². The van der Waals surface area contributed by atoms with Crippen LogP contribution in [0, 0.1) is 17.3 Å². The molecule has 0 aromatic heterocycles. The van der Waals surface area contributed by atoms with Crippen molar-refractivity contribution >= 4 is 0 Å². The van der Waals surface area contributed by atoms with Gasteiger partial charge in [0, 0.05) is 5.54 Å². The molecule has 0 heterocycles. The fourth-order valence-corrected chi connectivity index (χ4v) is 4.03. The van der Waals surface area contributed by atoms with E-state index in [0.717, 1.165) is 11.8 Å². The molecule has 1 heteroatoms. The Hall–Kier alpha value is -0.0400. The Bertz CT molecular complexity index is 219. The lowest BCUT2D eigenvalue weighted by molar-refractivity contribution is -0.0155. The van der Waals surface area contributed by atoms with E-state index in [9.17, 15) is 0 Å². The summed E-state index contributed by atoms with van der Waals surface area (Å²) in [4.78, 5) is 2.47. The van der Waals surface area contributed by atoms with Crippen LogP contribution in [0.5, 0.6) is 0 Å². The number of fused-ring (bicyclic) bond motifs is 2. The van der Waals surface area contributed by atoms with Gasteiger partial charge >= 0.3 is 0 Å². The summed E-state index contributed by atoms with van der Waals surface area (Å²) in [6.45, 7) is 7.41. The standard InChI is InChI=1S/C12H23N/c1-11(2)9-6-7-10(8-9)12(11,3)13(4)5/h9-10H,6-8H2,1-5H3/t9-,10+,12-/m1/s1. The molecule has 0 N–H and O–H groups in total. The lowest BCUT2D eigenvalue weighted by atomic mass is 9.63. The van der Waals surface area contributed by atoms with E-state index >= 15 is 0 Å². The molecule has 2 aliphatic carbocycles. The molecule has 0 unspecified atom stereocenters. The first-order valence-corrected chi connectivity index (χ1v) is 5.58. The second kappa shape index (κ2) is 2.50. The van der Waals surface area contributed by atoms with E-state index in [1.807, 2.05) is 0 Å². The van der Waals surface area contributed by atoms with Crippen LogP contribution >= 0.6 is 0 Å². The van der Waals surface area contributed by atoms with Gasteiger partial charge in [-0.3, -0.25) is 0 Å². The van der Waals surface area contributed by atoms with E-state index in [1.165, 1.54) is 19.3 Å². The largest absolute Gasteiger partial charge is 0.303 e. The molecule has 2 aliphatic rings. The molecule has 1 nitrogen and oxygen atoms in total. The van der Waals surface area contributed by atoms with Crippen molar-refractivity contribution in [2.24, 2.45) is 17.3 Å². The molecule has 13 heavy (non-hydrogen) atoms. The van der Waals surface area contributed by atoms with E-state index in [-0.39, 0.29) is 0 Å². The third-order valence-electron chi connectivity index (χ3n) is 5.48. The Balaban J connectivity index is 2.38. The molecule has 0 aromatic carbocycles. The molecule has 0 amide bonds. The quantitative estimate of drug-likeness (QED) is 0.601. The second-order valence-corrected chi connectivity index (χ2v) is 5.97. The van der Waals surface area contributed by atoms with E-state index in [0.29, 0.717) is 11.0 Å². The SMILES string of the molecule is CN(C)[C@]1(C)[C@H]2CC[C@H](C2)C1(C)C. The maximum atomic E-state index is 2.47. The number of nitrogens with zero attached hydrogens (tertiary/aromatic N) is 1. The maximum absolute atomic E-state index is 2.47. The van der Waals surface area contributed by atoms with Crippen molar-refractivity contribution in [1.29, 1.82) is 0 Å². The predicted molar refractivity (Wildman–Crippen MR) is 56.7 cm³/mol. The molecule has 0 aromatic rings. The van der Waals surface area contributed by atoms with Gasteiger partial charge in [0.05, 0.1) is 0 Å². The van der Waals surface area contributed by atoms with Gasteiger partial charge in [-0.2, -0.15) is 0 Å². The van der Waals surface area contributed by atoms with Gasteiger partial charge in [-0.15, -0.1) is 0 Å². The van der Waals surface area contributed by atoms with Crippen molar-refractivity contribution < 1.29 is 0 Å². The monoisotopic (exact) mass is 181 g/mol. The minimum atomic E-state index is 0.440. The maximum Gasteiger partial charge on any atom is 0.0257 e. The number of hydrogen-bond acceptors (Lipinski definition) is 1. The van der Waals surface area contributed by atoms with Gasteiger partial charge in [-0.05, 0) is 57.5 Å². The summed E-state index contributed by atoms with van der Waals surface area (Å²) < 4.78 is 0. The smallest absolute Gasteiger partial charge is 0.0257 e. The summed E-state index contributed by atoms with van der Waals surface area (Å²) in [5.41, 5.74) is 0.954. The van der Waals surface area contributed by atoms with Crippen molar-refractivity contribution in [1.82, 2.24) is 4.90 Å². The van der Waals surface area contributed by atoms with Crippen LogP contribution in [0.4, 0.5) is 0 Å². The van der Waals surface area contributed by atoms with E-state index in [2.05, 4.69) is 39.8 Å². The Labute approximate surface area is 82.5 Å². The minimum absolute atomic E-state index is 0.440. The zero-order chi connectivity index (χ0) is 9.85. The van der Waals surface area contributed by atoms with Gasteiger partial charge in [0.25, 0.3) is 0 Å². The first kappa shape index (κ1) is 9.51. The van der Waals surface area contributed by atoms with Crippen LogP contribution in [0.25, 0.3) is 0 Å². The van der Waals surface area contributed by atoms with Gasteiger partial charge in [0.1, 0.15) is 0 Å². The van der Waals surface area contributed by atoms with Crippen molar-refractivity contribution in [3.63, 3.8) is 0 Å². The van der Waals surface area contributed by atoms with Crippen LogP contribution in [-0.4, -0.2) is 24.5 Å². The third-order valence-corrected chi connectivity index (χ3v) is 5.48. The molecule has 2 rings (SSSR count). The molecule has 0 aliphatic heterocycles. The van der Waals surface area contributed by atoms with Crippen LogP contribution < -0.4 is 0 Å². The Morgan fingerprint density at radius 1 is 1.00 bits per heavy atom. The first-order valence-electron chi connectivity index (χ1n) is 5.58. The topological polar surface area (TPSA) is 3.24 Å². The van der Waals surface area contributed by atoms with Crippen molar-refractivity contribution in [3.05, 3.63) is 0 Å². The fraction of sp³-hybridized carbons (Fsp3) is 1.00. The van der Waals surface area contributed by atoms with Gasteiger partial charge in [0.15, 0.2) is 0 Å². The highest BCUT2D eigenvalue weighted by Crippen LogP contribution is 2.62. The van der Waals surface area contributed by atoms with Crippen LogP contribution in [0.1, 0.15) is 40.0 Å². The Kier molecular flexibility index (Phi) is 1.83. The van der Waals surface area contributed by atoms with Gasteiger partial charge in [-0.25, -0.2) is 0 Å². The Morgan fingerprint density at radius 2 is 1.54 bits per heavy atom. The summed E-state index contributed by atoms with van der Waals surface area (Å²) in [7, 11) is 4.50. The lowest BCUT2D eigenvalue weighted by Crippen LogP contribution is -2.56. The van der Waals surface area contributed by atoms with Crippen LogP contribution in [0.3, 0.4) is 0 Å². The van der Waals surface area contributed by atoms with Crippen molar-refractivity contribution in [2.75, 3.05) is 14.1 Å². The molecule has 0 spiro atoms. The summed E-state index contributed by atoms with van der Waals surface area (Å²) in [5.74, 6) is 1.92. The highest BCUT2D eigenvalue weighted by atomic mass is 15.2. The molecule has 76 valence electrons. The van der Waals surface area contributed by atoms with Gasteiger partial charge in [-0.1, -0.05) is 13.8 Å². The number of rotatable bonds is 1. The van der Waals surface area contributed by atoms with Gasteiger partial charge in [0.2, 0.25) is 0 Å². The molecule has 3 atom stereocenters. The highest BCUT2D eigenvalue weighted by molar-refractivity contribution is 5.13. The molecular weight excluding hydrogens is 158 g/mol. The predicted octanol–water partition coefficient (Wildman–Crippen LogP) is 2.76. The second-order valence-electron chi connectivity index (χ2n) is 5.97. The molecule has 0 radical (unpaired) electrons. The summed E-state index contributed by atoms with van der Waals surface area (Å²) in [5, 5.41) is 0. The molecule has 2 bridgehead atoms. The van der Waals surface area contributed by atoms with Crippen molar-refractivity contribution in [2.45, 2.75) is 45.6 Å². The molecule has 2 saturated carbocycles. The zero-order valence-electron chi connectivity index (χ0n) is 9.72. The normalized spacial score (nSPS) is 47.5. The summed E-state index contributed by atoms with van der Waals surface area (Å²) >= 11 is 0. The van der Waals surface area contributed by atoms with Crippen LogP contribution in [-0.2, 0) is 0 Å². The van der Waals surface area contributed by atoms with Crippen LogP contribution in [0.2, 0.25) is 0 Å².